The molecule has 12 bridgehead atoms. The van der Waals surface area contributed by atoms with E-state index >= 15 is 0 Å². The van der Waals surface area contributed by atoms with E-state index in [1.165, 1.54) is 43.3 Å². The molecule has 0 amide bonds. The Morgan fingerprint density at radius 1 is 0.434 bits per heavy atom. The van der Waals surface area contributed by atoms with Crippen LogP contribution in [0.2, 0.25) is 0 Å². The van der Waals surface area contributed by atoms with Gasteiger partial charge in [-0.1, -0.05) is 194 Å². The minimum atomic E-state index is -0.444. The van der Waals surface area contributed by atoms with Gasteiger partial charge in [-0.15, -0.1) is 0 Å². The summed E-state index contributed by atoms with van der Waals surface area (Å²) in [6, 6.07) is 10.2. The van der Waals surface area contributed by atoms with Crippen LogP contribution in [-0.2, 0) is 76.2 Å². The number of esters is 3. The Morgan fingerprint density at radius 3 is 1.20 bits per heavy atom. The number of aliphatic hydroxyl groups is 1. The second-order valence-corrected chi connectivity index (χ2v) is 31.0. The maximum atomic E-state index is 13.1. The van der Waals surface area contributed by atoms with Crippen molar-refractivity contribution < 1.29 is 81.3 Å². The fraction of sp³-hybridized carbons (Fsp3) is 0.652. The van der Waals surface area contributed by atoms with E-state index in [1.807, 2.05) is 60.7 Å². The molecule has 0 aromatic heterocycles. The van der Waals surface area contributed by atoms with E-state index in [0.29, 0.717) is 42.8 Å². The number of benzene rings is 1. The first-order valence-electron chi connectivity index (χ1n) is 40.1. The number of carbonyl (C=O) groups is 3. The second kappa shape index (κ2) is 49.5. The molecule has 17 nitrogen and oxygen atoms in total. The van der Waals surface area contributed by atoms with Gasteiger partial charge in [0.05, 0.1) is 98.6 Å². The third-order valence-electron chi connectivity index (χ3n) is 21.6. The number of ether oxygens (including phenoxy) is 9. The zero-order valence-electron chi connectivity index (χ0n) is 65.2. The molecular weight excluding hydrogens is 1340 g/mol. The predicted molar refractivity (Wildman–Crippen MR) is 411 cm³/mol. The van der Waals surface area contributed by atoms with E-state index < -0.39 is 6.10 Å². The van der Waals surface area contributed by atoms with Crippen molar-refractivity contribution in [1.29, 1.82) is 0 Å². The monoisotopic (exact) mass is 1470 g/mol. The first-order valence-corrected chi connectivity index (χ1v) is 40.1. The molecule has 0 spiro atoms. The predicted octanol–water partition coefficient (Wildman–Crippen LogP) is 18.0. The molecule has 9 aliphatic heterocycles. The Kier molecular flexibility index (Phi) is 41.3. The van der Waals surface area contributed by atoms with Gasteiger partial charge in [0.25, 0.3) is 0 Å². The molecule has 0 radical (unpaired) electrons. The molecule has 22 atom stereocenters. The maximum absolute atomic E-state index is 13.1. The first kappa shape index (κ1) is 88.4. The molecule has 1 aromatic rings. The van der Waals surface area contributed by atoms with Crippen molar-refractivity contribution in [3.8, 4) is 0 Å². The van der Waals surface area contributed by atoms with Crippen molar-refractivity contribution in [1.82, 2.24) is 0 Å². The lowest BCUT2D eigenvalue weighted by molar-refractivity contribution is -0.193. The molecule has 9 heterocycles. The summed E-state index contributed by atoms with van der Waals surface area (Å²) >= 11 is 0. The van der Waals surface area contributed by atoms with Gasteiger partial charge in [-0.05, 0) is 177 Å². The van der Waals surface area contributed by atoms with Crippen LogP contribution in [-0.4, -0.2) is 133 Å². The van der Waals surface area contributed by atoms with E-state index in [-0.39, 0.29) is 147 Å². The van der Waals surface area contributed by atoms with Gasteiger partial charge < -0.3 is 47.7 Å². The second-order valence-electron chi connectivity index (χ2n) is 31.0. The number of allylic oxidation sites excluding steroid dienone is 10. The number of aliphatic hydroxyl groups excluding tert-OH is 1. The van der Waals surface area contributed by atoms with Gasteiger partial charge in [0.15, 0.2) is 0 Å². The van der Waals surface area contributed by atoms with Crippen LogP contribution in [0.25, 0.3) is 6.08 Å². The van der Waals surface area contributed by atoms with Gasteiger partial charge in [-0.25, -0.2) is 0 Å². The van der Waals surface area contributed by atoms with Crippen LogP contribution in [0.1, 0.15) is 241 Å². The van der Waals surface area contributed by atoms with Crippen LogP contribution in [0.4, 0.5) is 0 Å². The maximum Gasteiger partial charge on any atom is 0.373 e. The molecule has 586 valence electrons. The molecule has 106 heavy (non-hydrogen) atoms. The molecule has 1 aromatic carbocycles. The standard InChI is InChI=1S/C31H42O4.C29H46O5.C27H40O4.2CO2/c1-4-24-18-28-20-27-12-8-11-26(33-27)17-22(2)13-14-23(3)30(16-15-25-9-6-5-7-10-25)35-31(32)21-29(19-24)34-28;1-4-5-6-7-8-9-13-28-22(3)15-14-21(2)16-24-11-10-12-25(32-24)19-26-17-23(30)18-27(33-26)20-29(31)34-28;1-5-7-11-26-20(4)13-12-19(3)14-22-9-8-10-23(29-22)17-24-15-21(6-2)16-25(30-24)18-27(28)31-26;2*2-1-3/h4-7,9-10,13-16,22-23,26-30H,8,11-12,17-21H2,1-3H3;7-9,13-15,21-28,30H,4-6,10-12,16-20H2,1-3H3;5-7,11-13,19-20,22-26H,1,8-10,14-18H2,2-4H3;;/b14-13+,16-15+,24-4-;8-7?,13-9+,15-14+;11-7+,13-12+,21-6-;;/t22-,23-,26+,27?,28?,29?,30?;21-,22-,23+,24+,25?,26?,27?,28?;19-,20-,22+,23?,24?,25?,26?;;/m000../s1. The number of rotatable bonds is 9. The van der Waals surface area contributed by atoms with Crippen LogP contribution >= 0.6 is 0 Å². The van der Waals surface area contributed by atoms with Gasteiger partial charge in [0.1, 0.15) is 18.3 Å². The quantitative estimate of drug-likeness (QED) is 0.0798. The Bertz CT molecular complexity index is 3100. The topological polar surface area (TPSA) is 223 Å². The van der Waals surface area contributed by atoms with E-state index in [9.17, 15) is 19.5 Å². The number of fused-ring (bicyclic) bond motifs is 12. The Hall–Kier alpha value is -6.49. The summed E-state index contributed by atoms with van der Waals surface area (Å²) in [7, 11) is 0. The van der Waals surface area contributed by atoms with Gasteiger partial charge in [-0.2, -0.15) is 19.2 Å². The highest BCUT2D eigenvalue weighted by Gasteiger charge is 2.38. The first-order chi connectivity index (χ1) is 51.2. The van der Waals surface area contributed by atoms with Crippen LogP contribution in [0.5, 0.6) is 0 Å². The normalized spacial score (nSPS) is 36.8. The van der Waals surface area contributed by atoms with E-state index in [2.05, 4.69) is 136 Å². The van der Waals surface area contributed by atoms with Crippen LogP contribution in [0.15, 0.2) is 145 Å². The zero-order chi connectivity index (χ0) is 76.6. The molecule has 9 aliphatic rings. The van der Waals surface area contributed by atoms with Crippen molar-refractivity contribution in [3.63, 3.8) is 0 Å². The van der Waals surface area contributed by atoms with Crippen molar-refractivity contribution in [2.24, 2.45) is 35.5 Å². The van der Waals surface area contributed by atoms with Crippen molar-refractivity contribution >= 4 is 36.3 Å². The molecule has 6 saturated heterocycles. The van der Waals surface area contributed by atoms with E-state index in [4.69, 9.17) is 61.8 Å². The molecule has 0 saturated carbocycles. The van der Waals surface area contributed by atoms with Crippen molar-refractivity contribution in [3.05, 3.63) is 151 Å². The highest BCUT2D eigenvalue weighted by molar-refractivity contribution is 5.71. The average Bonchev–Trinajstić information content (AvgIpc) is 0.846. The minimum absolute atomic E-state index is 0.0604. The lowest BCUT2D eigenvalue weighted by Gasteiger charge is -2.37. The molecule has 0 aliphatic carbocycles. The van der Waals surface area contributed by atoms with Crippen LogP contribution in [0, 0.1) is 35.5 Å². The van der Waals surface area contributed by atoms with Crippen LogP contribution < -0.4 is 0 Å². The van der Waals surface area contributed by atoms with Gasteiger partial charge in [0, 0.05) is 37.0 Å². The summed E-state index contributed by atoms with van der Waals surface area (Å²) < 4.78 is 56.4. The molecule has 17 heteroatoms. The third-order valence-corrected chi connectivity index (χ3v) is 21.6. The number of hydrogen-bond acceptors (Lipinski definition) is 17. The van der Waals surface area contributed by atoms with Crippen LogP contribution in [0.3, 0.4) is 0 Å². The number of cyclic esters (lactones) is 3. The summed E-state index contributed by atoms with van der Waals surface area (Å²) in [5, 5.41) is 10.4. The van der Waals surface area contributed by atoms with E-state index in [0.717, 1.165) is 115 Å². The fourth-order valence-electron chi connectivity index (χ4n) is 16.0. The van der Waals surface area contributed by atoms with Crippen molar-refractivity contribution in [2.75, 3.05) is 0 Å². The summed E-state index contributed by atoms with van der Waals surface area (Å²) in [4.78, 5) is 71.2. The number of hydrogen-bond donors (Lipinski definition) is 1. The molecule has 6 fully saturated rings. The van der Waals surface area contributed by atoms with Crippen molar-refractivity contribution in [2.45, 2.75) is 333 Å². The lowest BCUT2D eigenvalue weighted by Crippen LogP contribution is -2.40. The Morgan fingerprint density at radius 2 is 0.783 bits per heavy atom. The zero-order valence-corrected chi connectivity index (χ0v) is 65.2. The van der Waals surface area contributed by atoms with Gasteiger partial charge in [0.2, 0.25) is 0 Å². The average molecular weight is 1470 g/mol. The Labute approximate surface area is 634 Å². The number of carbonyl (C=O) groups excluding carboxylic acids is 7. The largest absolute Gasteiger partial charge is 0.457 e. The molecular formula is C89H128O17. The summed E-state index contributed by atoms with van der Waals surface area (Å²) in [6.07, 6.45) is 60.3. The third kappa shape index (κ3) is 34.0. The lowest BCUT2D eigenvalue weighted by atomic mass is 9.90. The highest BCUT2D eigenvalue weighted by atomic mass is 16.6. The minimum Gasteiger partial charge on any atom is -0.457 e. The molecule has 1 N–H and O–H groups in total. The number of unbranched alkanes of at least 4 members (excludes halogenated alkanes) is 2. The highest BCUT2D eigenvalue weighted by Crippen LogP contribution is 2.38. The summed E-state index contributed by atoms with van der Waals surface area (Å²) in [5.74, 6) is 0.782. The Balaban J connectivity index is 0.000000240. The summed E-state index contributed by atoms with van der Waals surface area (Å²) in [5.41, 5.74) is 3.84. The molecule has 12 unspecified atom stereocenters. The van der Waals surface area contributed by atoms with Gasteiger partial charge in [-0.3, -0.25) is 14.4 Å². The summed E-state index contributed by atoms with van der Waals surface area (Å²) in [6.45, 7) is 23.2. The van der Waals surface area contributed by atoms with Gasteiger partial charge >= 0.3 is 30.2 Å². The van der Waals surface area contributed by atoms with E-state index in [1.54, 1.807) is 6.08 Å². The smallest absolute Gasteiger partial charge is 0.373 e. The SMILES string of the molecule is C/C=C1\CC2CC(=O)OC(/C=C/c3ccccc3)[C@@H](C)/C=C/[C@H](C)C[C@H]3CCCC(CC(C1)O2)O3.C=C/C=C/C1OC(=O)CC2C/C(=C\C)CC(CC3CCC[C@H](C[C@@H](C)/C=C/[C@@H]1C)O3)O2.CCCCC=C/C=C/C1OC(=O)CC2C[C@H](O)CC(CC3CCC[C@H](C[C@@H](C)/C=C/[C@@H]1C)O3)O2.O=C=O.O=C=O. The fourth-order valence-corrected chi connectivity index (χ4v) is 16.0. The molecule has 10 rings (SSSR count).